The van der Waals surface area contributed by atoms with E-state index in [0.29, 0.717) is 25.3 Å². The second kappa shape index (κ2) is 7.49. The number of amides is 1. The number of nitrogens with zero attached hydrogens (tertiary/aromatic N) is 1. The zero-order valence-electron chi connectivity index (χ0n) is 14.2. The van der Waals surface area contributed by atoms with Gasteiger partial charge < -0.3 is 14.4 Å². The first kappa shape index (κ1) is 16.5. The standard InChI is InChI=1S/C20H23NO3/c1-3-24-14-18-12-16(8-9-19(18)23-2)20(22)21-11-10-15-6-4-5-7-17(15)13-21/h4-9,12H,3,10-11,13-14H2,1-2H3. The molecule has 4 heteroatoms. The number of rotatable bonds is 5. The van der Waals surface area contributed by atoms with E-state index in [1.165, 1.54) is 11.1 Å². The molecule has 3 rings (SSSR count). The molecule has 0 saturated carbocycles. The minimum absolute atomic E-state index is 0.0601. The molecule has 0 spiro atoms. The third-order valence-corrected chi connectivity index (χ3v) is 4.41. The summed E-state index contributed by atoms with van der Waals surface area (Å²) < 4.78 is 10.8. The van der Waals surface area contributed by atoms with E-state index < -0.39 is 0 Å². The van der Waals surface area contributed by atoms with E-state index in [2.05, 4.69) is 18.2 Å². The summed E-state index contributed by atoms with van der Waals surface area (Å²) >= 11 is 0. The Kier molecular flexibility index (Phi) is 5.16. The van der Waals surface area contributed by atoms with Crippen LogP contribution in [-0.2, 0) is 24.3 Å². The van der Waals surface area contributed by atoms with Crippen LogP contribution in [0, 0.1) is 0 Å². The van der Waals surface area contributed by atoms with Crippen molar-refractivity contribution in [3.63, 3.8) is 0 Å². The summed E-state index contributed by atoms with van der Waals surface area (Å²) in [5.41, 5.74) is 4.17. The topological polar surface area (TPSA) is 38.8 Å². The maximum Gasteiger partial charge on any atom is 0.254 e. The second-order valence-electron chi connectivity index (χ2n) is 5.91. The monoisotopic (exact) mass is 325 g/mol. The van der Waals surface area contributed by atoms with Gasteiger partial charge in [-0.2, -0.15) is 0 Å². The highest BCUT2D eigenvalue weighted by Gasteiger charge is 2.22. The van der Waals surface area contributed by atoms with Crippen molar-refractivity contribution < 1.29 is 14.3 Å². The molecule has 0 aliphatic carbocycles. The predicted molar refractivity (Wildman–Crippen MR) is 93.2 cm³/mol. The Morgan fingerprint density at radius 2 is 1.96 bits per heavy atom. The molecular weight excluding hydrogens is 302 g/mol. The summed E-state index contributed by atoms with van der Waals surface area (Å²) in [6, 6.07) is 13.9. The van der Waals surface area contributed by atoms with Gasteiger partial charge in [0.2, 0.25) is 0 Å². The molecule has 0 atom stereocenters. The smallest absolute Gasteiger partial charge is 0.254 e. The minimum atomic E-state index is 0.0601. The number of fused-ring (bicyclic) bond motifs is 1. The number of carbonyl (C=O) groups is 1. The SMILES string of the molecule is CCOCc1cc(C(=O)N2CCc3ccccc3C2)ccc1OC. The Labute approximate surface area is 143 Å². The highest BCUT2D eigenvalue weighted by Crippen LogP contribution is 2.24. The van der Waals surface area contributed by atoms with Crippen LogP contribution in [-0.4, -0.2) is 31.1 Å². The van der Waals surface area contributed by atoms with Gasteiger partial charge in [0.05, 0.1) is 13.7 Å². The van der Waals surface area contributed by atoms with Gasteiger partial charge in [0.25, 0.3) is 5.91 Å². The van der Waals surface area contributed by atoms with Crippen LogP contribution in [0.5, 0.6) is 5.75 Å². The van der Waals surface area contributed by atoms with E-state index in [4.69, 9.17) is 9.47 Å². The number of hydrogen-bond donors (Lipinski definition) is 0. The zero-order chi connectivity index (χ0) is 16.9. The second-order valence-corrected chi connectivity index (χ2v) is 5.91. The van der Waals surface area contributed by atoms with Crippen LogP contribution < -0.4 is 4.74 Å². The zero-order valence-corrected chi connectivity index (χ0v) is 14.2. The van der Waals surface area contributed by atoms with Crippen LogP contribution in [0.1, 0.15) is 34.0 Å². The first-order valence-electron chi connectivity index (χ1n) is 8.33. The highest BCUT2D eigenvalue weighted by atomic mass is 16.5. The maximum atomic E-state index is 12.9. The predicted octanol–water partition coefficient (Wildman–Crippen LogP) is 3.43. The first-order valence-corrected chi connectivity index (χ1v) is 8.33. The molecule has 1 aliphatic rings. The van der Waals surface area contributed by atoms with Crippen LogP contribution >= 0.6 is 0 Å². The van der Waals surface area contributed by atoms with Gasteiger partial charge >= 0.3 is 0 Å². The molecule has 0 aromatic heterocycles. The first-order chi connectivity index (χ1) is 11.7. The maximum absolute atomic E-state index is 12.9. The average molecular weight is 325 g/mol. The van der Waals surface area contributed by atoms with E-state index in [-0.39, 0.29) is 5.91 Å². The molecular formula is C20H23NO3. The molecule has 1 aliphatic heterocycles. The minimum Gasteiger partial charge on any atom is -0.496 e. The molecule has 1 heterocycles. The largest absolute Gasteiger partial charge is 0.496 e. The van der Waals surface area contributed by atoms with Gasteiger partial charge in [0.1, 0.15) is 5.75 Å². The summed E-state index contributed by atoms with van der Waals surface area (Å²) in [5.74, 6) is 0.814. The normalized spacial score (nSPS) is 13.5. The molecule has 2 aromatic rings. The van der Waals surface area contributed by atoms with Crippen molar-refractivity contribution in [3.05, 3.63) is 64.7 Å². The van der Waals surface area contributed by atoms with Crippen molar-refractivity contribution in [1.82, 2.24) is 4.90 Å². The number of hydrogen-bond acceptors (Lipinski definition) is 3. The van der Waals surface area contributed by atoms with Crippen LogP contribution in [0.2, 0.25) is 0 Å². The van der Waals surface area contributed by atoms with Gasteiger partial charge in [0.15, 0.2) is 0 Å². The summed E-state index contributed by atoms with van der Waals surface area (Å²) in [6.45, 7) is 4.45. The molecule has 4 nitrogen and oxygen atoms in total. The number of carbonyl (C=O) groups excluding carboxylic acids is 1. The molecule has 24 heavy (non-hydrogen) atoms. The molecule has 0 radical (unpaired) electrons. The van der Waals surface area contributed by atoms with E-state index in [1.807, 2.05) is 36.1 Å². The Balaban J connectivity index is 1.80. The molecule has 0 saturated heterocycles. The van der Waals surface area contributed by atoms with Crippen molar-refractivity contribution in [3.8, 4) is 5.75 Å². The van der Waals surface area contributed by atoms with Gasteiger partial charge in [-0.15, -0.1) is 0 Å². The molecule has 126 valence electrons. The van der Waals surface area contributed by atoms with Crippen LogP contribution in [0.25, 0.3) is 0 Å². The molecule has 0 unspecified atom stereocenters. The Morgan fingerprint density at radius 1 is 1.17 bits per heavy atom. The summed E-state index contributed by atoms with van der Waals surface area (Å²) in [4.78, 5) is 14.8. The number of benzene rings is 2. The lowest BCUT2D eigenvalue weighted by Gasteiger charge is -2.29. The third-order valence-electron chi connectivity index (χ3n) is 4.41. The fourth-order valence-corrected chi connectivity index (χ4v) is 3.09. The van der Waals surface area contributed by atoms with Crippen LogP contribution in [0.4, 0.5) is 0 Å². The Morgan fingerprint density at radius 3 is 2.71 bits per heavy atom. The number of ether oxygens (including phenoxy) is 2. The summed E-state index contributed by atoms with van der Waals surface area (Å²) in [5, 5.41) is 0. The van der Waals surface area contributed by atoms with Crippen molar-refractivity contribution in [2.24, 2.45) is 0 Å². The van der Waals surface area contributed by atoms with Gasteiger partial charge in [-0.25, -0.2) is 0 Å². The average Bonchev–Trinajstić information content (AvgIpc) is 2.65. The lowest BCUT2D eigenvalue weighted by molar-refractivity contribution is 0.0734. The molecule has 1 amide bonds. The fraction of sp³-hybridized carbons (Fsp3) is 0.350. The quantitative estimate of drug-likeness (QED) is 0.845. The van der Waals surface area contributed by atoms with Crippen molar-refractivity contribution in [2.45, 2.75) is 26.5 Å². The Hall–Kier alpha value is -2.33. The summed E-state index contributed by atoms with van der Waals surface area (Å²) in [6.07, 6.45) is 0.907. The van der Waals surface area contributed by atoms with E-state index in [0.717, 1.165) is 24.3 Å². The van der Waals surface area contributed by atoms with E-state index >= 15 is 0 Å². The van der Waals surface area contributed by atoms with Crippen molar-refractivity contribution in [1.29, 1.82) is 0 Å². The molecule has 0 N–H and O–H groups in total. The molecule has 0 bridgehead atoms. The van der Waals surface area contributed by atoms with Crippen LogP contribution in [0.3, 0.4) is 0 Å². The molecule has 0 fully saturated rings. The fourth-order valence-electron chi connectivity index (χ4n) is 3.09. The van der Waals surface area contributed by atoms with Gasteiger partial charge in [0, 0.05) is 30.8 Å². The third kappa shape index (κ3) is 3.44. The van der Waals surface area contributed by atoms with Crippen molar-refractivity contribution in [2.75, 3.05) is 20.3 Å². The van der Waals surface area contributed by atoms with Crippen LogP contribution in [0.15, 0.2) is 42.5 Å². The van der Waals surface area contributed by atoms with Gasteiger partial charge in [-0.1, -0.05) is 24.3 Å². The van der Waals surface area contributed by atoms with E-state index in [9.17, 15) is 4.79 Å². The molecule has 2 aromatic carbocycles. The van der Waals surface area contributed by atoms with Gasteiger partial charge in [-0.05, 0) is 42.7 Å². The lowest BCUT2D eigenvalue weighted by atomic mass is 9.99. The highest BCUT2D eigenvalue weighted by molar-refractivity contribution is 5.94. The summed E-state index contributed by atoms with van der Waals surface area (Å²) in [7, 11) is 1.63. The lowest BCUT2D eigenvalue weighted by Crippen LogP contribution is -2.36. The van der Waals surface area contributed by atoms with E-state index in [1.54, 1.807) is 7.11 Å². The van der Waals surface area contributed by atoms with Gasteiger partial charge in [-0.3, -0.25) is 4.79 Å². The van der Waals surface area contributed by atoms with Crippen molar-refractivity contribution >= 4 is 5.91 Å². The Bertz CT molecular complexity index is 727. The number of methoxy groups -OCH3 is 1.